The van der Waals surface area contributed by atoms with Crippen molar-refractivity contribution in [1.82, 2.24) is 24.7 Å². The van der Waals surface area contributed by atoms with Crippen LogP contribution in [-0.4, -0.2) is 36.7 Å². The van der Waals surface area contributed by atoms with Crippen molar-refractivity contribution in [2.75, 3.05) is 10.6 Å². The second-order valence-electron chi connectivity index (χ2n) is 7.60. The van der Waals surface area contributed by atoms with Gasteiger partial charge in [-0.25, -0.2) is 24.1 Å². The smallest absolute Gasteiger partial charge is 0.413 e. The molecule has 0 radical (unpaired) electrons. The number of anilines is 2. The fourth-order valence-corrected chi connectivity index (χ4v) is 3.22. The van der Waals surface area contributed by atoms with Crippen molar-refractivity contribution in [3.05, 3.63) is 48.2 Å². The van der Waals surface area contributed by atoms with E-state index in [9.17, 15) is 18.4 Å². The number of nitriles is 1. The SMILES string of the molecule is C[C@@H](OC(=O)Nc1c(-c2ncc(NC(=O)[C@@H]3C[C@H]3C#N)cn2)cnn1C)c1cc(F)cnc1F. The predicted octanol–water partition coefficient (Wildman–Crippen LogP) is 2.96. The fourth-order valence-electron chi connectivity index (χ4n) is 3.22. The van der Waals surface area contributed by atoms with Crippen LogP contribution in [0.3, 0.4) is 0 Å². The van der Waals surface area contributed by atoms with Gasteiger partial charge < -0.3 is 10.1 Å². The zero-order valence-corrected chi connectivity index (χ0v) is 18.0. The van der Waals surface area contributed by atoms with E-state index in [2.05, 4.69) is 36.8 Å². The molecule has 34 heavy (non-hydrogen) atoms. The molecule has 3 aromatic rings. The summed E-state index contributed by atoms with van der Waals surface area (Å²) in [5.74, 6) is -2.18. The average Bonchev–Trinajstić information content (AvgIpc) is 3.53. The third kappa shape index (κ3) is 4.80. The average molecular weight is 468 g/mol. The van der Waals surface area contributed by atoms with Gasteiger partial charge in [0.2, 0.25) is 11.9 Å². The Hall–Kier alpha value is -4.47. The van der Waals surface area contributed by atoms with Crippen LogP contribution in [0.4, 0.5) is 25.1 Å². The van der Waals surface area contributed by atoms with Crippen molar-refractivity contribution in [1.29, 1.82) is 5.26 Å². The first-order valence-electron chi connectivity index (χ1n) is 10.1. The molecule has 11 nitrogen and oxygen atoms in total. The standard InChI is InChI=1S/C21H18F2N8O3/c1-10(14-4-12(22)6-25-17(14)23)34-21(33)30-19-16(9-28-31(19)2)18-26-7-13(8-27-18)29-20(32)15-3-11(15)5-24/h4,6-11,15H,3H2,1-2H3,(H,29,32)(H,30,33)/t10-,11+,15-/m1/s1. The van der Waals surface area contributed by atoms with Crippen LogP contribution in [0.15, 0.2) is 30.9 Å². The van der Waals surface area contributed by atoms with E-state index in [4.69, 9.17) is 10.00 Å². The van der Waals surface area contributed by atoms with Crippen LogP contribution in [0.5, 0.6) is 0 Å². The Morgan fingerprint density at radius 1 is 1.21 bits per heavy atom. The number of aromatic nitrogens is 5. The van der Waals surface area contributed by atoms with Crippen LogP contribution in [-0.2, 0) is 16.6 Å². The normalized spacial score (nSPS) is 17.4. The van der Waals surface area contributed by atoms with Gasteiger partial charge in [-0.1, -0.05) is 0 Å². The quantitative estimate of drug-likeness (QED) is 0.525. The molecule has 1 aliphatic rings. The maximum atomic E-state index is 13.8. The molecule has 1 aliphatic carbocycles. The molecule has 0 aromatic carbocycles. The lowest BCUT2D eigenvalue weighted by atomic mass is 10.2. The third-order valence-corrected chi connectivity index (χ3v) is 5.17. The lowest BCUT2D eigenvalue weighted by molar-refractivity contribution is -0.117. The topological polar surface area (TPSA) is 148 Å². The summed E-state index contributed by atoms with van der Waals surface area (Å²) in [5, 5.41) is 18.1. The first-order chi connectivity index (χ1) is 16.3. The molecule has 3 aromatic heterocycles. The van der Waals surface area contributed by atoms with Gasteiger partial charge in [0.15, 0.2) is 5.82 Å². The largest absolute Gasteiger partial charge is 0.441 e. The number of halogens is 2. The van der Waals surface area contributed by atoms with Gasteiger partial charge in [-0.05, 0) is 19.4 Å². The molecule has 4 rings (SSSR count). The number of ether oxygens (including phenoxy) is 1. The summed E-state index contributed by atoms with van der Waals surface area (Å²) in [6.45, 7) is 1.37. The minimum absolute atomic E-state index is 0.196. The molecule has 1 fully saturated rings. The number of carbonyl (C=O) groups excluding carboxylic acids is 2. The van der Waals surface area contributed by atoms with Gasteiger partial charge in [0.25, 0.3) is 0 Å². The van der Waals surface area contributed by atoms with Crippen LogP contribution >= 0.6 is 0 Å². The molecule has 13 heteroatoms. The van der Waals surface area contributed by atoms with E-state index in [1.807, 2.05) is 0 Å². The second-order valence-corrected chi connectivity index (χ2v) is 7.60. The van der Waals surface area contributed by atoms with Gasteiger partial charge in [-0.3, -0.25) is 14.8 Å². The minimum Gasteiger partial charge on any atom is -0.441 e. The molecule has 2 amide bonds. The van der Waals surface area contributed by atoms with Gasteiger partial charge in [0, 0.05) is 7.05 Å². The number of nitrogens with one attached hydrogen (secondary N) is 2. The van der Waals surface area contributed by atoms with Crippen LogP contribution < -0.4 is 10.6 Å². The second kappa shape index (κ2) is 9.18. The molecule has 174 valence electrons. The summed E-state index contributed by atoms with van der Waals surface area (Å²) in [4.78, 5) is 36.1. The Bertz CT molecular complexity index is 1290. The highest BCUT2D eigenvalue weighted by atomic mass is 19.1. The number of hydrogen-bond acceptors (Lipinski definition) is 8. The maximum absolute atomic E-state index is 13.8. The number of carbonyl (C=O) groups is 2. The summed E-state index contributed by atoms with van der Waals surface area (Å²) in [5.41, 5.74) is 0.499. The molecule has 0 aliphatic heterocycles. The Kier molecular flexibility index (Phi) is 6.13. The number of nitrogens with zero attached hydrogens (tertiary/aromatic N) is 6. The summed E-state index contributed by atoms with van der Waals surface area (Å²) in [7, 11) is 1.56. The number of rotatable bonds is 6. The minimum atomic E-state index is -1.12. The van der Waals surface area contributed by atoms with Gasteiger partial charge in [-0.2, -0.15) is 14.8 Å². The lowest BCUT2D eigenvalue weighted by Gasteiger charge is -2.15. The maximum Gasteiger partial charge on any atom is 0.413 e. The molecule has 0 bridgehead atoms. The van der Waals surface area contributed by atoms with Crippen molar-refractivity contribution in [3.63, 3.8) is 0 Å². The monoisotopic (exact) mass is 468 g/mol. The zero-order valence-electron chi connectivity index (χ0n) is 18.0. The fraction of sp³-hybridized carbons (Fsp3) is 0.286. The van der Waals surface area contributed by atoms with Crippen molar-refractivity contribution >= 4 is 23.5 Å². The van der Waals surface area contributed by atoms with Crippen LogP contribution in [0, 0.1) is 34.9 Å². The van der Waals surface area contributed by atoms with E-state index < -0.39 is 24.0 Å². The van der Waals surface area contributed by atoms with E-state index in [0.717, 1.165) is 12.3 Å². The molecule has 3 heterocycles. The molecule has 3 atom stereocenters. The summed E-state index contributed by atoms with van der Waals surface area (Å²) < 4.78 is 33.7. The first-order valence-corrected chi connectivity index (χ1v) is 10.1. The summed E-state index contributed by atoms with van der Waals surface area (Å²) in [6.07, 6.45) is 3.39. The van der Waals surface area contributed by atoms with E-state index in [1.165, 1.54) is 30.2 Å². The van der Waals surface area contributed by atoms with E-state index in [1.54, 1.807) is 7.05 Å². The van der Waals surface area contributed by atoms with Crippen LogP contribution in [0.25, 0.3) is 11.4 Å². The highest BCUT2D eigenvalue weighted by Crippen LogP contribution is 2.38. The predicted molar refractivity (Wildman–Crippen MR) is 113 cm³/mol. The van der Waals surface area contributed by atoms with Crippen molar-refractivity contribution < 1.29 is 23.1 Å². The highest BCUT2D eigenvalue weighted by molar-refractivity contribution is 5.94. The van der Waals surface area contributed by atoms with E-state index >= 15 is 0 Å². The molecule has 2 N–H and O–H groups in total. The third-order valence-electron chi connectivity index (χ3n) is 5.17. The van der Waals surface area contributed by atoms with E-state index in [-0.39, 0.29) is 34.9 Å². The van der Waals surface area contributed by atoms with E-state index in [0.29, 0.717) is 17.7 Å². The van der Waals surface area contributed by atoms with Gasteiger partial charge in [-0.15, -0.1) is 0 Å². The lowest BCUT2D eigenvalue weighted by Crippen LogP contribution is -2.19. The molecule has 0 unspecified atom stereocenters. The van der Waals surface area contributed by atoms with Crippen LogP contribution in [0.2, 0.25) is 0 Å². The Balaban J connectivity index is 1.44. The Labute approximate surface area is 191 Å². The number of hydrogen-bond donors (Lipinski definition) is 2. The van der Waals surface area contributed by atoms with Crippen LogP contribution in [0.1, 0.15) is 25.0 Å². The van der Waals surface area contributed by atoms with Crippen molar-refractivity contribution in [2.24, 2.45) is 18.9 Å². The summed E-state index contributed by atoms with van der Waals surface area (Å²) in [6, 6.07) is 2.95. The van der Waals surface area contributed by atoms with Gasteiger partial charge in [0.05, 0.1) is 59.5 Å². The molecule has 0 spiro atoms. The Morgan fingerprint density at radius 2 is 1.94 bits per heavy atom. The number of amides is 2. The molecule has 1 saturated carbocycles. The van der Waals surface area contributed by atoms with Gasteiger partial charge in [0.1, 0.15) is 17.7 Å². The first kappa shape index (κ1) is 22.7. The summed E-state index contributed by atoms with van der Waals surface area (Å²) >= 11 is 0. The molecule has 0 saturated heterocycles. The van der Waals surface area contributed by atoms with Crippen molar-refractivity contribution in [3.8, 4) is 17.5 Å². The number of aryl methyl sites for hydroxylation is 1. The zero-order chi connectivity index (χ0) is 24.4. The number of pyridine rings is 1. The van der Waals surface area contributed by atoms with Gasteiger partial charge >= 0.3 is 6.09 Å². The van der Waals surface area contributed by atoms with Crippen molar-refractivity contribution in [2.45, 2.75) is 19.4 Å². The Morgan fingerprint density at radius 3 is 2.62 bits per heavy atom. The highest BCUT2D eigenvalue weighted by Gasteiger charge is 2.43. The molecular formula is C21H18F2N8O3. The molecular weight excluding hydrogens is 450 g/mol.